The Morgan fingerprint density at radius 2 is 1.69 bits per heavy atom. The van der Waals surface area contributed by atoms with Gasteiger partial charge in [-0.15, -0.1) is 0 Å². The van der Waals surface area contributed by atoms with Gasteiger partial charge in [-0.2, -0.15) is 0 Å². The van der Waals surface area contributed by atoms with Gasteiger partial charge in [0.2, 0.25) is 10.0 Å². The molecule has 0 saturated heterocycles. The number of fused-ring (bicyclic) bond motifs is 2. The van der Waals surface area contributed by atoms with Gasteiger partial charge in [0.1, 0.15) is 0 Å². The van der Waals surface area contributed by atoms with Gasteiger partial charge in [0.05, 0.1) is 29.1 Å². The predicted molar refractivity (Wildman–Crippen MR) is 109 cm³/mol. The third-order valence-corrected chi connectivity index (χ3v) is 6.32. The van der Waals surface area contributed by atoms with Crippen LogP contribution < -0.4 is 19.9 Å². The summed E-state index contributed by atoms with van der Waals surface area (Å²) in [5.41, 5.74) is 1.41. The molecule has 154 valence electrons. The average Bonchev–Trinajstić information content (AvgIpc) is 2.89. The van der Waals surface area contributed by atoms with Crippen molar-refractivity contribution in [3.63, 3.8) is 0 Å². The van der Waals surface area contributed by atoms with Crippen LogP contribution >= 0.6 is 0 Å². The Bertz CT molecular complexity index is 1200. The maximum Gasteiger partial charge on any atom is 0.323 e. The van der Waals surface area contributed by atoms with Crippen molar-refractivity contribution in [1.82, 2.24) is 14.7 Å². The van der Waals surface area contributed by atoms with E-state index < -0.39 is 16.1 Å². The number of sulfonamides is 1. The van der Waals surface area contributed by atoms with Crippen molar-refractivity contribution in [3.8, 4) is 11.5 Å². The molecule has 9 heteroatoms. The predicted octanol–water partition coefficient (Wildman–Crippen LogP) is 2.69. The van der Waals surface area contributed by atoms with Gasteiger partial charge in [-0.25, -0.2) is 17.9 Å². The molecule has 1 aliphatic heterocycles. The number of H-pyrrole nitrogens is 2. The summed E-state index contributed by atoms with van der Waals surface area (Å²) in [5.74, 6) is 1.28. The SMILES string of the molecule is CC(C)[C@@H](NS(=O)(=O)c1ccc2[nH]c(=O)[nH]c2c1)c1ccc2c(c1)OCCCO2. The lowest BCUT2D eigenvalue weighted by molar-refractivity contribution is 0.297. The quantitative estimate of drug-likeness (QED) is 0.591. The molecule has 4 rings (SSSR count). The molecule has 1 aromatic heterocycles. The van der Waals surface area contributed by atoms with E-state index in [1.807, 2.05) is 32.0 Å². The van der Waals surface area contributed by atoms with Crippen LogP contribution in [0.25, 0.3) is 11.0 Å². The molecule has 3 N–H and O–H groups in total. The zero-order valence-electron chi connectivity index (χ0n) is 16.2. The first-order valence-electron chi connectivity index (χ1n) is 9.47. The second kappa shape index (κ2) is 7.57. The number of hydrogen-bond acceptors (Lipinski definition) is 5. The van der Waals surface area contributed by atoms with Crippen molar-refractivity contribution >= 4 is 21.1 Å². The van der Waals surface area contributed by atoms with E-state index >= 15 is 0 Å². The fourth-order valence-corrected chi connectivity index (χ4v) is 4.78. The van der Waals surface area contributed by atoms with E-state index in [9.17, 15) is 13.2 Å². The highest BCUT2D eigenvalue weighted by Crippen LogP contribution is 2.34. The average molecular weight is 417 g/mol. The number of hydrogen-bond donors (Lipinski definition) is 3. The smallest absolute Gasteiger partial charge is 0.323 e. The molecule has 0 bridgehead atoms. The Balaban J connectivity index is 1.66. The third kappa shape index (κ3) is 4.01. The summed E-state index contributed by atoms with van der Waals surface area (Å²) >= 11 is 0. The maximum absolute atomic E-state index is 13.0. The van der Waals surface area contributed by atoms with E-state index in [0.717, 1.165) is 12.0 Å². The fraction of sp³-hybridized carbons (Fsp3) is 0.350. The summed E-state index contributed by atoms with van der Waals surface area (Å²) in [5, 5.41) is 0. The largest absolute Gasteiger partial charge is 0.490 e. The molecule has 0 unspecified atom stereocenters. The molecule has 1 atom stereocenters. The first-order chi connectivity index (χ1) is 13.8. The molecule has 0 aliphatic carbocycles. The second-order valence-electron chi connectivity index (χ2n) is 7.39. The molecule has 2 aromatic carbocycles. The van der Waals surface area contributed by atoms with Crippen LogP contribution in [0.5, 0.6) is 11.5 Å². The number of benzene rings is 2. The van der Waals surface area contributed by atoms with E-state index in [1.54, 1.807) is 6.07 Å². The molecule has 29 heavy (non-hydrogen) atoms. The van der Waals surface area contributed by atoms with Crippen molar-refractivity contribution in [3.05, 3.63) is 52.4 Å². The molecule has 1 aliphatic rings. The number of aromatic nitrogens is 2. The Hall–Kier alpha value is -2.78. The standard InChI is InChI=1S/C20H23N3O5S/c1-12(2)19(13-4-7-17-18(10-13)28-9-3-8-27-17)23-29(25,26)14-5-6-15-16(11-14)22-20(24)21-15/h4-7,10-12,19,23H,3,8-9H2,1-2H3,(H2,21,22,24)/t19-/m1/s1. The number of rotatable bonds is 5. The van der Waals surface area contributed by atoms with Crippen molar-refractivity contribution in [1.29, 1.82) is 0 Å². The van der Waals surface area contributed by atoms with Gasteiger partial charge in [0.15, 0.2) is 11.5 Å². The third-order valence-electron chi connectivity index (χ3n) is 4.88. The van der Waals surface area contributed by atoms with Gasteiger partial charge in [0, 0.05) is 12.5 Å². The number of aromatic amines is 2. The lowest BCUT2D eigenvalue weighted by Gasteiger charge is -2.23. The minimum atomic E-state index is -3.82. The molecule has 2 heterocycles. The normalized spacial score (nSPS) is 15.4. The van der Waals surface area contributed by atoms with Gasteiger partial charge in [-0.3, -0.25) is 0 Å². The highest BCUT2D eigenvalue weighted by Gasteiger charge is 2.26. The van der Waals surface area contributed by atoms with Crippen molar-refractivity contribution in [2.75, 3.05) is 13.2 Å². The molecule has 0 saturated carbocycles. The summed E-state index contributed by atoms with van der Waals surface area (Å²) in [4.78, 5) is 16.7. The molecule has 3 aromatic rings. The highest BCUT2D eigenvalue weighted by atomic mass is 32.2. The van der Waals surface area contributed by atoms with Crippen LogP contribution in [0.15, 0.2) is 46.1 Å². The molecule has 0 spiro atoms. The van der Waals surface area contributed by atoms with Crippen molar-refractivity contribution < 1.29 is 17.9 Å². The summed E-state index contributed by atoms with van der Waals surface area (Å²) in [6, 6.07) is 9.53. The van der Waals surface area contributed by atoms with Crippen LogP contribution in [0.1, 0.15) is 31.9 Å². The second-order valence-corrected chi connectivity index (χ2v) is 9.10. The van der Waals surface area contributed by atoms with Gasteiger partial charge >= 0.3 is 5.69 Å². The molecule has 0 radical (unpaired) electrons. The number of ether oxygens (including phenoxy) is 2. The Morgan fingerprint density at radius 1 is 0.966 bits per heavy atom. The molecular weight excluding hydrogens is 394 g/mol. The first-order valence-corrected chi connectivity index (χ1v) is 11.0. The summed E-state index contributed by atoms with van der Waals surface area (Å²) in [6.07, 6.45) is 0.800. The molecule has 8 nitrogen and oxygen atoms in total. The van der Waals surface area contributed by atoms with Crippen LogP contribution in [0, 0.1) is 5.92 Å². The minimum absolute atomic E-state index is 0.00896. The van der Waals surface area contributed by atoms with Gasteiger partial charge in [-0.05, 0) is 41.8 Å². The van der Waals surface area contributed by atoms with Crippen LogP contribution in [-0.2, 0) is 10.0 Å². The van der Waals surface area contributed by atoms with E-state index in [-0.39, 0.29) is 16.5 Å². The van der Waals surface area contributed by atoms with Crippen LogP contribution in [-0.4, -0.2) is 31.6 Å². The Labute approximate surface area is 168 Å². The van der Waals surface area contributed by atoms with E-state index in [1.165, 1.54) is 12.1 Å². The topological polar surface area (TPSA) is 113 Å². The number of imidazole rings is 1. The Morgan fingerprint density at radius 3 is 2.45 bits per heavy atom. The molecule has 0 fully saturated rings. The minimum Gasteiger partial charge on any atom is -0.490 e. The lowest BCUT2D eigenvalue weighted by atomic mass is 9.97. The van der Waals surface area contributed by atoms with Crippen LogP contribution in [0.4, 0.5) is 0 Å². The summed E-state index contributed by atoms with van der Waals surface area (Å²) in [6.45, 7) is 5.05. The van der Waals surface area contributed by atoms with Gasteiger partial charge < -0.3 is 19.4 Å². The van der Waals surface area contributed by atoms with E-state index in [4.69, 9.17) is 9.47 Å². The lowest BCUT2D eigenvalue weighted by Crippen LogP contribution is -2.31. The summed E-state index contributed by atoms with van der Waals surface area (Å²) in [7, 11) is -3.82. The maximum atomic E-state index is 13.0. The van der Waals surface area contributed by atoms with E-state index in [2.05, 4.69) is 14.7 Å². The van der Waals surface area contributed by atoms with E-state index in [0.29, 0.717) is 35.7 Å². The van der Waals surface area contributed by atoms with Crippen LogP contribution in [0.3, 0.4) is 0 Å². The highest BCUT2D eigenvalue weighted by molar-refractivity contribution is 7.89. The summed E-state index contributed by atoms with van der Waals surface area (Å²) < 4.78 is 40.3. The van der Waals surface area contributed by atoms with Crippen molar-refractivity contribution in [2.24, 2.45) is 5.92 Å². The van der Waals surface area contributed by atoms with Gasteiger partial charge in [0.25, 0.3) is 0 Å². The first kappa shape index (κ1) is 19.5. The molecular formula is C20H23N3O5S. The van der Waals surface area contributed by atoms with Crippen molar-refractivity contribution in [2.45, 2.75) is 31.2 Å². The zero-order chi connectivity index (χ0) is 20.6. The monoisotopic (exact) mass is 417 g/mol. The number of nitrogens with one attached hydrogen (secondary N) is 3. The van der Waals surface area contributed by atoms with Crippen LogP contribution in [0.2, 0.25) is 0 Å². The zero-order valence-corrected chi connectivity index (χ0v) is 17.0. The molecule has 0 amide bonds. The van der Waals surface area contributed by atoms with Gasteiger partial charge in [-0.1, -0.05) is 19.9 Å². The fourth-order valence-electron chi connectivity index (χ4n) is 3.38. The Kier molecular flexibility index (Phi) is 5.10.